The van der Waals surface area contributed by atoms with Gasteiger partial charge in [-0.25, -0.2) is 0 Å². The minimum atomic E-state index is 0.663. The highest BCUT2D eigenvalue weighted by atomic mass is 15.3. The highest BCUT2D eigenvalue weighted by Crippen LogP contribution is 2.36. The van der Waals surface area contributed by atoms with Gasteiger partial charge in [0.2, 0.25) is 0 Å². The van der Waals surface area contributed by atoms with E-state index in [-0.39, 0.29) is 0 Å². The zero-order valence-electron chi connectivity index (χ0n) is 10.9. The third-order valence-electron chi connectivity index (χ3n) is 4.25. The van der Waals surface area contributed by atoms with E-state index in [2.05, 4.69) is 23.8 Å². The molecule has 94 valence electrons. The molecule has 0 spiro atoms. The van der Waals surface area contributed by atoms with Gasteiger partial charge in [-0.3, -0.25) is 4.90 Å². The molecule has 0 amide bonds. The standard InChI is InChI=1S/C13H27N3/c1-3-12-10-15(2)7-4-8-16(12)13(9-14)11-5-6-11/h11-13H,3-10,14H2,1-2H3. The van der Waals surface area contributed by atoms with E-state index in [1.165, 1.54) is 45.3 Å². The third-order valence-corrected chi connectivity index (χ3v) is 4.25. The van der Waals surface area contributed by atoms with Gasteiger partial charge in [-0.05, 0) is 45.2 Å². The van der Waals surface area contributed by atoms with Crippen LogP contribution in [0.1, 0.15) is 32.6 Å². The average molecular weight is 225 g/mol. The van der Waals surface area contributed by atoms with Crippen molar-refractivity contribution < 1.29 is 0 Å². The molecule has 0 aromatic carbocycles. The van der Waals surface area contributed by atoms with Crippen molar-refractivity contribution in [1.82, 2.24) is 9.80 Å². The van der Waals surface area contributed by atoms with Crippen LogP contribution in [0, 0.1) is 5.92 Å². The normalized spacial score (nSPS) is 31.3. The SMILES string of the molecule is CCC1CN(C)CCCN1C(CN)C1CC1. The lowest BCUT2D eigenvalue weighted by molar-refractivity contribution is 0.117. The van der Waals surface area contributed by atoms with E-state index >= 15 is 0 Å². The molecule has 0 bridgehead atoms. The maximum atomic E-state index is 5.99. The zero-order valence-corrected chi connectivity index (χ0v) is 10.9. The summed E-state index contributed by atoms with van der Waals surface area (Å²) in [5.41, 5.74) is 5.99. The molecule has 1 saturated heterocycles. The number of nitrogens with two attached hydrogens (primary N) is 1. The minimum Gasteiger partial charge on any atom is -0.329 e. The van der Waals surface area contributed by atoms with Crippen LogP contribution in [0.25, 0.3) is 0 Å². The number of likely N-dealkylation sites (N-methyl/N-ethyl adjacent to an activating group) is 1. The van der Waals surface area contributed by atoms with E-state index in [1.807, 2.05) is 0 Å². The monoisotopic (exact) mass is 225 g/mol. The first kappa shape index (κ1) is 12.3. The Kier molecular flexibility index (Phi) is 4.22. The van der Waals surface area contributed by atoms with Gasteiger partial charge in [-0.15, -0.1) is 0 Å². The molecule has 2 rings (SSSR count). The molecule has 2 unspecified atom stereocenters. The van der Waals surface area contributed by atoms with Crippen LogP contribution in [-0.2, 0) is 0 Å². The van der Waals surface area contributed by atoms with Crippen molar-refractivity contribution in [2.45, 2.75) is 44.7 Å². The molecule has 1 aliphatic heterocycles. The van der Waals surface area contributed by atoms with E-state index < -0.39 is 0 Å². The van der Waals surface area contributed by atoms with Gasteiger partial charge in [0.05, 0.1) is 0 Å². The van der Waals surface area contributed by atoms with Crippen molar-refractivity contribution >= 4 is 0 Å². The fourth-order valence-electron chi connectivity index (χ4n) is 3.14. The molecule has 3 heteroatoms. The third kappa shape index (κ3) is 2.76. The molecule has 0 aromatic rings. The summed E-state index contributed by atoms with van der Waals surface area (Å²) in [4.78, 5) is 5.20. The highest BCUT2D eigenvalue weighted by Gasteiger charge is 2.37. The average Bonchev–Trinajstić information content (AvgIpc) is 3.09. The lowest BCUT2D eigenvalue weighted by atomic mass is 10.1. The first-order chi connectivity index (χ1) is 7.76. The van der Waals surface area contributed by atoms with E-state index in [9.17, 15) is 0 Å². The molecule has 1 aliphatic carbocycles. The van der Waals surface area contributed by atoms with Gasteiger partial charge in [0.1, 0.15) is 0 Å². The highest BCUT2D eigenvalue weighted by molar-refractivity contribution is 4.92. The van der Waals surface area contributed by atoms with Gasteiger partial charge < -0.3 is 10.6 Å². The molecular weight excluding hydrogens is 198 g/mol. The Bertz CT molecular complexity index is 215. The largest absolute Gasteiger partial charge is 0.329 e. The van der Waals surface area contributed by atoms with Gasteiger partial charge >= 0.3 is 0 Å². The van der Waals surface area contributed by atoms with Gasteiger partial charge in [-0.2, -0.15) is 0 Å². The quantitative estimate of drug-likeness (QED) is 0.779. The Morgan fingerprint density at radius 1 is 1.31 bits per heavy atom. The first-order valence-corrected chi connectivity index (χ1v) is 6.90. The Labute approximate surface area is 100.0 Å². The predicted octanol–water partition coefficient (Wildman–Crippen LogP) is 1.14. The molecule has 1 saturated carbocycles. The van der Waals surface area contributed by atoms with Crippen LogP contribution in [0.4, 0.5) is 0 Å². The molecule has 3 nitrogen and oxygen atoms in total. The number of hydrogen-bond acceptors (Lipinski definition) is 3. The number of rotatable bonds is 4. The molecule has 2 atom stereocenters. The second-order valence-corrected chi connectivity index (χ2v) is 5.56. The fourth-order valence-corrected chi connectivity index (χ4v) is 3.14. The Balaban J connectivity index is 2.02. The molecule has 1 heterocycles. The summed E-state index contributed by atoms with van der Waals surface area (Å²) in [6, 6.07) is 1.39. The van der Waals surface area contributed by atoms with Crippen LogP contribution in [0.15, 0.2) is 0 Å². The maximum absolute atomic E-state index is 5.99. The number of nitrogens with zero attached hydrogens (tertiary/aromatic N) is 2. The lowest BCUT2D eigenvalue weighted by Gasteiger charge is -2.36. The summed E-state index contributed by atoms with van der Waals surface area (Å²) in [6.45, 7) is 6.89. The van der Waals surface area contributed by atoms with Gasteiger partial charge in [-0.1, -0.05) is 6.92 Å². The van der Waals surface area contributed by atoms with Crippen LogP contribution < -0.4 is 5.73 Å². The summed E-state index contributed by atoms with van der Waals surface area (Å²) in [5.74, 6) is 0.905. The fraction of sp³-hybridized carbons (Fsp3) is 1.00. The van der Waals surface area contributed by atoms with E-state index in [0.717, 1.165) is 18.5 Å². The van der Waals surface area contributed by atoms with Crippen molar-refractivity contribution in [3.63, 3.8) is 0 Å². The van der Waals surface area contributed by atoms with Crippen LogP contribution >= 0.6 is 0 Å². The Hall–Kier alpha value is -0.120. The summed E-state index contributed by atoms with van der Waals surface area (Å²) >= 11 is 0. The van der Waals surface area contributed by atoms with Gasteiger partial charge in [0, 0.05) is 31.7 Å². The molecule has 2 aliphatic rings. The topological polar surface area (TPSA) is 32.5 Å². The van der Waals surface area contributed by atoms with Crippen LogP contribution in [0.5, 0.6) is 0 Å². The maximum Gasteiger partial charge on any atom is 0.0250 e. The van der Waals surface area contributed by atoms with E-state index in [0.29, 0.717) is 6.04 Å². The molecule has 2 N–H and O–H groups in total. The lowest BCUT2D eigenvalue weighted by Crippen LogP contribution is -2.50. The Morgan fingerprint density at radius 2 is 2.06 bits per heavy atom. The van der Waals surface area contributed by atoms with Crippen LogP contribution in [0.2, 0.25) is 0 Å². The van der Waals surface area contributed by atoms with Crippen molar-refractivity contribution in [1.29, 1.82) is 0 Å². The smallest absolute Gasteiger partial charge is 0.0250 e. The van der Waals surface area contributed by atoms with Crippen molar-refractivity contribution in [2.75, 3.05) is 33.2 Å². The Morgan fingerprint density at radius 3 is 2.62 bits per heavy atom. The molecule has 16 heavy (non-hydrogen) atoms. The van der Waals surface area contributed by atoms with Crippen molar-refractivity contribution in [3.8, 4) is 0 Å². The number of hydrogen-bond donors (Lipinski definition) is 1. The molecular formula is C13H27N3. The summed E-state index contributed by atoms with van der Waals surface area (Å²) in [7, 11) is 2.25. The zero-order chi connectivity index (χ0) is 11.5. The van der Waals surface area contributed by atoms with Gasteiger partial charge in [0.25, 0.3) is 0 Å². The van der Waals surface area contributed by atoms with Crippen molar-refractivity contribution in [2.24, 2.45) is 11.7 Å². The molecule has 0 aromatic heterocycles. The predicted molar refractivity (Wildman–Crippen MR) is 68.5 cm³/mol. The summed E-state index contributed by atoms with van der Waals surface area (Å²) in [6.07, 6.45) is 5.37. The van der Waals surface area contributed by atoms with Crippen LogP contribution in [0.3, 0.4) is 0 Å². The summed E-state index contributed by atoms with van der Waals surface area (Å²) < 4.78 is 0. The van der Waals surface area contributed by atoms with Gasteiger partial charge in [0.15, 0.2) is 0 Å². The minimum absolute atomic E-state index is 0.663. The summed E-state index contributed by atoms with van der Waals surface area (Å²) in [5, 5.41) is 0. The molecule has 0 radical (unpaired) electrons. The van der Waals surface area contributed by atoms with Crippen LogP contribution in [-0.4, -0.2) is 55.1 Å². The second kappa shape index (κ2) is 5.48. The first-order valence-electron chi connectivity index (χ1n) is 6.90. The van der Waals surface area contributed by atoms with E-state index in [1.54, 1.807) is 0 Å². The molecule has 2 fully saturated rings. The second-order valence-electron chi connectivity index (χ2n) is 5.56. The van der Waals surface area contributed by atoms with E-state index in [4.69, 9.17) is 5.73 Å². The van der Waals surface area contributed by atoms with Crippen molar-refractivity contribution in [3.05, 3.63) is 0 Å².